The predicted octanol–water partition coefficient (Wildman–Crippen LogP) is 3.81. The van der Waals surface area contributed by atoms with Gasteiger partial charge >= 0.3 is 0 Å². The van der Waals surface area contributed by atoms with Crippen molar-refractivity contribution in [2.24, 2.45) is 5.92 Å². The Morgan fingerprint density at radius 2 is 2.05 bits per heavy atom. The summed E-state index contributed by atoms with van der Waals surface area (Å²) in [5, 5.41) is 0.768. The maximum atomic E-state index is 6.17. The monoisotopic (exact) mass is 325 g/mol. The fourth-order valence-electron chi connectivity index (χ4n) is 3.13. The van der Waals surface area contributed by atoms with Crippen LogP contribution in [0.4, 0.5) is 0 Å². The highest BCUT2D eigenvalue weighted by Gasteiger charge is 2.20. The third-order valence-corrected chi connectivity index (χ3v) is 4.81. The number of hydrogen-bond donors (Lipinski definition) is 0. The van der Waals surface area contributed by atoms with Crippen LogP contribution in [-0.2, 0) is 13.0 Å². The van der Waals surface area contributed by atoms with E-state index in [1.54, 1.807) is 0 Å². The quantitative estimate of drug-likeness (QED) is 0.797. The van der Waals surface area contributed by atoms with Crippen molar-refractivity contribution in [3.63, 3.8) is 0 Å². The molecule has 5 heteroatoms. The third kappa shape index (κ3) is 3.36. The molecule has 114 valence electrons. The van der Waals surface area contributed by atoms with Gasteiger partial charge in [-0.2, -0.15) is 0 Å². The highest BCUT2D eigenvalue weighted by atomic mass is 35.5. The number of rotatable bonds is 4. The number of hydrogen-bond acceptors (Lipinski definition) is 2. The second kappa shape index (κ2) is 6.55. The standard InChI is InChI=1S/C16H21Cl2N3/c1-20-8-5-12(6-9-20)11-21-15-10-13(18)2-3-14(15)19-16(21)4-7-17/h2-3,10,12H,4-9,11H2,1H3. The lowest BCUT2D eigenvalue weighted by Crippen LogP contribution is -2.32. The van der Waals surface area contributed by atoms with Gasteiger partial charge in [-0.05, 0) is 57.1 Å². The van der Waals surface area contributed by atoms with Crippen LogP contribution in [0.5, 0.6) is 0 Å². The SMILES string of the molecule is CN1CCC(Cn2c(CCCl)nc3ccc(Cl)cc32)CC1. The van der Waals surface area contributed by atoms with Gasteiger partial charge in [-0.3, -0.25) is 0 Å². The summed E-state index contributed by atoms with van der Waals surface area (Å²) in [5.74, 6) is 2.40. The van der Waals surface area contributed by atoms with Crippen molar-refractivity contribution in [2.75, 3.05) is 26.0 Å². The van der Waals surface area contributed by atoms with E-state index in [4.69, 9.17) is 28.2 Å². The van der Waals surface area contributed by atoms with Crippen LogP contribution in [0, 0.1) is 5.92 Å². The zero-order valence-electron chi connectivity index (χ0n) is 12.4. The molecule has 21 heavy (non-hydrogen) atoms. The third-order valence-electron chi connectivity index (χ3n) is 4.39. The Bertz CT molecular complexity index is 615. The predicted molar refractivity (Wildman–Crippen MR) is 89.4 cm³/mol. The van der Waals surface area contributed by atoms with Crippen LogP contribution in [0.2, 0.25) is 5.02 Å². The van der Waals surface area contributed by atoms with Crippen LogP contribution in [-0.4, -0.2) is 40.5 Å². The van der Waals surface area contributed by atoms with Gasteiger partial charge < -0.3 is 9.47 Å². The Kier molecular flexibility index (Phi) is 4.72. The Balaban J connectivity index is 1.91. The minimum absolute atomic E-state index is 0.602. The number of imidazole rings is 1. The van der Waals surface area contributed by atoms with Gasteiger partial charge in [0.2, 0.25) is 0 Å². The maximum absolute atomic E-state index is 6.17. The molecule has 0 unspecified atom stereocenters. The molecule has 2 aromatic rings. The molecule has 0 N–H and O–H groups in total. The van der Waals surface area contributed by atoms with Gasteiger partial charge in [0.25, 0.3) is 0 Å². The Labute approximate surface area is 135 Å². The van der Waals surface area contributed by atoms with Gasteiger partial charge in [-0.25, -0.2) is 4.98 Å². The molecule has 1 fully saturated rings. The molecule has 0 aliphatic carbocycles. The zero-order chi connectivity index (χ0) is 14.8. The maximum Gasteiger partial charge on any atom is 0.111 e. The largest absolute Gasteiger partial charge is 0.328 e. The summed E-state index contributed by atoms with van der Waals surface area (Å²) in [5.41, 5.74) is 2.16. The first-order valence-corrected chi connectivity index (χ1v) is 8.48. The number of aromatic nitrogens is 2. The van der Waals surface area contributed by atoms with Crippen molar-refractivity contribution in [2.45, 2.75) is 25.8 Å². The van der Waals surface area contributed by atoms with Crippen LogP contribution in [0.15, 0.2) is 18.2 Å². The van der Waals surface area contributed by atoms with Gasteiger partial charge in [0.1, 0.15) is 5.82 Å². The van der Waals surface area contributed by atoms with E-state index in [-0.39, 0.29) is 0 Å². The molecular weight excluding hydrogens is 305 g/mol. The van der Waals surface area contributed by atoms with E-state index >= 15 is 0 Å². The summed E-state index contributed by atoms with van der Waals surface area (Å²) >= 11 is 12.1. The van der Waals surface area contributed by atoms with Crippen molar-refractivity contribution in [3.8, 4) is 0 Å². The van der Waals surface area contributed by atoms with E-state index in [0.29, 0.717) is 11.8 Å². The first-order valence-electron chi connectivity index (χ1n) is 7.56. The molecule has 3 nitrogen and oxygen atoms in total. The summed E-state index contributed by atoms with van der Waals surface area (Å²) in [6.07, 6.45) is 3.30. The van der Waals surface area contributed by atoms with Crippen molar-refractivity contribution >= 4 is 34.2 Å². The van der Waals surface area contributed by atoms with Gasteiger partial charge in [0.15, 0.2) is 0 Å². The molecule has 0 bridgehead atoms. The van der Waals surface area contributed by atoms with Gasteiger partial charge in [0.05, 0.1) is 11.0 Å². The van der Waals surface area contributed by atoms with E-state index in [2.05, 4.69) is 16.5 Å². The van der Waals surface area contributed by atoms with Crippen LogP contribution in [0.1, 0.15) is 18.7 Å². The fraction of sp³-hybridized carbons (Fsp3) is 0.562. The molecule has 0 atom stereocenters. The van der Waals surface area contributed by atoms with Crippen LogP contribution >= 0.6 is 23.2 Å². The Morgan fingerprint density at radius 3 is 2.76 bits per heavy atom. The average molecular weight is 326 g/mol. The molecule has 1 aliphatic rings. The van der Waals surface area contributed by atoms with Crippen molar-refractivity contribution in [1.82, 2.24) is 14.5 Å². The molecule has 0 radical (unpaired) electrons. The second-order valence-corrected chi connectivity index (χ2v) is 6.77. The minimum Gasteiger partial charge on any atom is -0.328 e. The molecule has 0 spiro atoms. The average Bonchev–Trinajstić information content (AvgIpc) is 2.79. The summed E-state index contributed by atoms with van der Waals surface area (Å²) in [4.78, 5) is 7.14. The summed E-state index contributed by atoms with van der Waals surface area (Å²) in [6, 6.07) is 5.93. The molecule has 0 amide bonds. The highest BCUT2D eigenvalue weighted by Crippen LogP contribution is 2.25. The van der Waals surface area contributed by atoms with Crippen LogP contribution in [0.25, 0.3) is 11.0 Å². The van der Waals surface area contributed by atoms with Crippen LogP contribution < -0.4 is 0 Å². The Hall–Kier alpha value is -0.770. The molecule has 1 aliphatic heterocycles. The van der Waals surface area contributed by atoms with Gasteiger partial charge in [0, 0.05) is 23.9 Å². The molecule has 1 aromatic heterocycles. The summed E-state index contributed by atoms with van der Waals surface area (Å²) < 4.78 is 2.33. The lowest BCUT2D eigenvalue weighted by atomic mass is 9.97. The van der Waals surface area contributed by atoms with E-state index < -0.39 is 0 Å². The molecule has 1 aromatic carbocycles. The molecule has 2 heterocycles. The number of piperidine rings is 1. The first-order chi connectivity index (χ1) is 10.2. The second-order valence-electron chi connectivity index (χ2n) is 5.96. The fourth-order valence-corrected chi connectivity index (χ4v) is 3.46. The van der Waals surface area contributed by atoms with Crippen LogP contribution in [0.3, 0.4) is 0 Å². The number of nitrogens with zero attached hydrogens (tertiary/aromatic N) is 3. The molecule has 1 saturated heterocycles. The number of aryl methyl sites for hydroxylation is 1. The van der Waals surface area contributed by atoms with E-state index in [1.807, 2.05) is 18.2 Å². The van der Waals surface area contributed by atoms with Crippen molar-refractivity contribution in [3.05, 3.63) is 29.0 Å². The normalized spacial score (nSPS) is 17.7. The number of likely N-dealkylation sites (tertiary alicyclic amines) is 1. The number of alkyl halides is 1. The van der Waals surface area contributed by atoms with Crippen molar-refractivity contribution in [1.29, 1.82) is 0 Å². The highest BCUT2D eigenvalue weighted by molar-refractivity contribution is 6.31. The number of fused-ring (bicyclic) bond motifs is 1. The summed E-state index contributed by atoms with van der Waals surface area (Å²) in [6.45, 7) is 3.39. The van der Waals surface area contributed by atoms with Crippen molar-refractivity contribution < 1.29 is 0 Å². The van der Waals surface area contributed by atoms with Gasteiger partial charge in [-0.15, -0.1) is 11.6 Å². The molecule has 0 saturated carbocycles. The van der Waals surface area contributed by atoms with E-state index in [0.717, 1.165) is 34.8 Å². The molecule has 3 rings (SSSR count). The zero-order valence-corrected chi connectivity index (χ0v) is 13.9. The number of benzene rings is 1. The smallest absolute Gasteiger partial charge is 0.111 e. The number of halogens is 2. The summed E-state index contributed by atoms with van der Waals surface area (Å²) in [7, 11) is 2.20. The van der Waals surface area contributed by atoms with E-state index in [9.17, 15) is 0 Å². The Morgan fingerprint density at radius 1 is 1.29 bits per heavy atom. The van der Waals surface area contributed by atoms with Gasteiger partial charge in [-0.1, -0.05) is 11.6 Å². The first kappa shape index (κ1) is 15.1. The molecular formula is C16H21Cl2N3. The topological polar surface area (TPSA) is 21.1 Å². The van der Waals surface area contributed by atoms with E-state index in [1.165, 1.54) is 25.9 Å². The minimum atomic E-state index is 0.602. The lowest BCUT2D eigenvalue weighted by Gasteiger charge is -2.29. The lowest BCUT2D eigenvalue weighted by molar-refractivity contribution is 0.205.